The maximum Gasteiger partial charge on any atom is 0.210 e. The minimum absolute atomic E-state index is 0.0455. The van der Waals surface area contributed by atoms with Gasteiger partial charge in [0.1, 0.15) is 14.1 Å². The number of hydrogen-bond acceptors (Lipinski definition) is 4. The summed E-state index contributed by atoms with van der Waals surface area (Å²) < 4.78 is 16.1. The van der Waals surface area contributed by atoms with Gasteiger partial charge in [0.05, 0.1) is 0 Å². The molecule has 2 heterocycles. The number of carbonyl (C=O) groups is 2. The molecule has 0 aromatic carbocycles. The lowest BCUT2D eigenvalue weighted by Crippen LogP contribution is -2.40. The summed E-state index contributed by atoms with van der Waals surface area (Å²) in [6.45, 7) is 20.8. The van der Waals surface area contributed by atoms with Crippen LogP contribution in [0.5, 0.6) is 11.5 Å². The molecule has 0 radical (unpaired) electrons. The molecule has 0 spiro atoms. The van der Waals surface area contributed by atoms with Crippen molar-refractivity contribution in [2.45, 2.75) is 94.3 Å². The van der Waals surface area contributed by atoms with Crippen molar-refractivity contribution in [3.63, 3.8) is 0 Å². The molecule has 6 heteroatoms. The highest BCUT2D eigenvalue weighted by Crippen LogP contribution is 2.42. The van der Waals surface area contributed by atoms with Gasteiger partial charge in [0.25, 0.3) is 0 Å². The van der Waals surface area contributed by atoms with Crippen LogP contribution in [0.2, 0.25) is 0 Å². The van der Waals surface area contributed by atoms with Crippen LogP contribution in [0.25, 0.3) is 0 Å². The molecule has 0 fully saturated rings. The van der Waals surface area contributed by atoms with Gasteiger partial charge in [0, 0.05) is 25.0 Å². The Balaban J connectivity index is 1.29. The molecule has 0 saturated carbocycles. The van der Waals surface area contributed by atoms with Gasteiger partial charge in [-0.1, -0.05) is 135 Å². The molecular formula is C52H64N2O4+2. The van der Waals surface area contributed by atoms with Crippen molar-refractivity contribution in [2.24, 2.45) is 24.9 Å². The average molecular weight is 781 g/mol. The van der Waals surface area contributed by atoms with Gasteiger partial charge in [-0.2, -0.15) is 0 Å². The Morgan fingerprint density at radius 1 is 0.586 bits per heavy atom. The fourth-order valence-electron chi connectivity index (χ4n) is 7.35. The van der Waals surface area contributed by atoms with E-state index in [1.54, 1.807) is 0 Å². The Bertz CT molecular complexity index is 2050. The highest BCUT2D eigenvalue weighted by molar-refractivity contribution is 6.01. The summed E-state index contributed by atoms with van der Waals surface area (Å²) in [5, 5.41) is 0. The standard InChI is InChI=1S/C52H64N2O4/c1-37(21-15-23-39(3)27-29-45-41(5)49(55)47(33-51(45,7)8)57-43-25-17-31-53(11)35-43)19-13-14-20-38(2)22-16-24-40(4)28-30-46-42(6)50(56)48(34-52(46,9)10)58-44-26-18-32-54(12)36-44/h13-32,35-36,47-48H,33-34H2,1-12H3/q+2/b14-13+,21-15+,22-16+,29-27+,30-28+,37-19+,38-20+,39-23+,40-24+. The average Bonchev–Trinajstić information content (AvgIpc) is 3.14. The van der Waals surface area contributed by atoms with E-state index in [1.165, 1.54) is 0 Å². The molecular weight excluding hydrogens is 717 g/mol. The van der Waals surface area contributed by atoms with E-state index in [-0.39, 0.29) is 22.4 Å². The van der Waals surface area contributed by atoms with Crippen LogP contribution in [0.4, 0.5) is 0 Å². The fraction of sp³-hybridized carbons (Fsp3) is 0.346. The second kappa shape index (κ2) is 20.2. The quantitative estimate of drug-likeness (QED) is 0.142. The van der Waals surface area contributed by atoms with Gasteiger partial charge in [0.2, 0.25) is 12.4 Å². The van der Waals surface area contributed by atoms with Crippen LogP contribution in [-0.4, -0.2) is 23.8 Å². The lowest BCUT2D eigenvalue weighted by molar-refractivity contribution is -0.671. The van der Waals surface area contributed by atoms with Gasteiger partial charge < -0.3 is 9.47 Å². The van der Waals surface area contributed by atoms with Gasteiger partial charge >= 0.3 is 0 Å². The van der Waals surface area contributed by atoms with E-state index < -0.39 is 12.2 Å². The number of aromatic nitrogens is 2. The van der Waals surface area contributed by atoms with Crippen LogP contribution in [0, 0.1) is 10.8 Å². The summed E-state index contributed by atoms with van der Waals surface area (Å²) in [7, 11) is 3.88. The number of carbonyl (C=O) groups excluding carboxylic acids is 2. The Hall–Kier alpha value is -5.62. The molecule has 304 valence electrons. The maximum absolute atomic E-state index is 13.3. The number of nitrogens with zero attached hydrogens (tertiary/aromatic N) is 2. The lowest BCUT2D eigenvalue weighted by atomic mass is 9.71. The van der Waals surface area contributed by atoms with Crippen molar-refractivity contribution >= 4 is 11.6 Å². The zero-order valence-corrected chi connectivity index (χ0v) is 36.8. The first-order valence-corrected chi connectivity index (χ1v) is 20.2. The molecule has 2 aromatic rings. The third-order valence-electron chi connectivity index (χ3n) is 10.7. The van der Waals surface area contributed by atoms with E-state index in [9.17, 15) is 9.59 Å². The first-order valence-electron chi connectivity index (χ1n) is 20.2. The summed E-state index contributed by atoms with van der Waals surface area (Å²) in [6, 6.07) is 7.63. The number of Topliss-reactive ketones (excluding diaryl/α,β-unsaturated/α-hetero) is 2. The van der Waals surface area contributed by atoms with E-state index in [2.05, 4.69) is 128 Å². The number of ether oxygens (including phenoxy) is 2. The Kier molecular flexibility index (Phi) is 15.7. The molecule has 0 saturated heterocycles. The predicted octanol–water partition coefficient (Wildman–Crippen LogP) is 10.7. The van der Waals surface area contributed by atoms with Crippen LogP contribution in [0.15, 0.2) is 179 Å². The van der Waals surface area contributed by atoms with Crippen molar-refractivity contribution in [3.8, 4) is 11.5 Å². The van der Waals surface area contributed by atoms with Crippen molar-refractivity contribution in [1.82, 2.24) is 0 Å². The Labute approximate surface area is 348 Å². The molecule has 0 aliphatic heterocycles. The number of allylic oxidation sites excluding steroid dienone is 20. The van der Waals surface area contributed by atoms with Crippen molar-refractivity contribution in [2.75, 3.05) is 0 Å². The van der Waals surface area contributed by atoms with E-state index in [4.69, 9.17) is 9.47 Å². The molecule has 0 bridgehead atoms. The zero-order chi connectivity index (χ0) is 42.6. The molecule has 6 nitrogen and oxygen atoms in total. The van der Waals surface area contributed by atoms with Crippen LogP contribution in [-0.2, 0) is 23.7 Å². The second-order valence-electron chi connectivity index (χ2n) is 17.0. The number of aryl methyl sites for hydroxylation is 2. The van der Waals surface area contributed by atoms with Gasteiger partial charge in [-0.05, 0) is 86.8 Å². The first-order chi connectivity index (χ1) is 27.4. The zero-order valence-electron chi connectivity index (χ0n) is 36.8. The molecule has 2 aliphatic carbocycles. The van der Waals surface area contributed by atoms with Crippen molar-refractivity contribution < 1.29 is 28.2 Å². The Morgan fingerprint density at radius 2 is 0.931 bits per heavy atom. The number of rotatable bonds is 14. The summed E-state index contributed by atoms with van der Waals surface area (Å²) >= 11 is 0. The SMILES string of the molecule is CC1=C(/C=C/C(C)=C/C=C/C(C)=C/C=C/C=C(C)/C=C/C=C(C)/C=C/C2=C(C)C(=O)C(Oc3ccc[n+](C)c3)CC2(C)C)C(C)(C)CC(Oc2ccc[n+](C)c2)C1=O. The molecule has 2 aliphatic rings. The summed E-state index contributed by atoms with van der Waals surface area (Å²) in [6.07, 6.45) is 37.0. The van der Waals surface area contributed by atoms with Crippen molar-refractivity contribution in [1.29, 1.82) is 0 Å². The third-order valence-corrected chi connectivity index (χ3v) is 10.7. The van der Waals surface area contributed by atoms with E-state index in [0.717, 1.165) is 44.6 Å². The summed E-state index contributed by atoms with van der Waals surface area (Å²) in [5.74, 6) is 1.49. The lowest BCUT2D eigenvalue weighted by Gasteiger charge is -2.36. The second-order valence-corrected chi connectivity index (χ2v) is 17.0. The number of ketones is 2. The number of pyridine rings is 2. The molecule has 0 N–H and O–H groups in total. The highest BCUT2D eigenvalue weighted by Gasteiger charge is 2.40. The van der Waals surface area contributed by atoms with Crippen LogP contribution in [0.3, 0.4) is 0 Å². The van der Waals surface area contributed by atoms with Gasteiger partial charge in [-0.25, -0.2) is 9.13 Å². The molecule has 2 aromatic heterocycles. The van der Waals surface area contributed by atoms with Gasteiger partial charge in [0.15, 0.2) is 47.7 Å². The minimum atomic E-state index is -0.494. The maximum atomic E-state index is 13.3. The van der Waals surface area contributed by atoms with E-state index in [0.29, 0.717) is 24.3 Å². The van der Waals surface area contributed by atoms with Gasteiger partial charge in [-0.15, -0.1) is 0 Å². The van der Waals surface area contributed by atoms with Crippen LogP contribution < -0.4 is 18.6 Å². The first kappa shape index (κ1) is 45.1. The largest absolute Gasteiger partial charge is 0.476 e. The van der Waals surface area contributed by atoms with Gasteiger partial charge in [-0.3, -0.25) is 9.59 Å². The minimum Gasteiger partial charge on any atom is -0.476 e. The Morgan fingerprint density at radius 3 is 1.29 bits per heavy atom. The normalized spacial score (nSPS) is 21.2. The molecule has 2 unspecified atom stereocenters. The molecule has 58 heavy (non-hydrogen) atoms. The third kappa shape index (κ3) is 13.0. The van der Waals surface area contributed by atoms with E-state index >= 15 is 0 Å². The summed E-state index contributed by atoms with van der Waals surface area (Å²) in [4.78, 5) is 26.6. The molecule has 4 rings (SSSR count). The highest BCUT2D eigenvalue weighted by atomic mass is 16.5. The van der Waals surface area contributed by atoms with Crippen LogP contribution >= 0.6 is 0 Å². The number of hydrogen-bond donors (Lipinski definition) is 0. The predicted molar refractivity (Wildman–Crippen MR) is 237 cm³/mol. The van der Waals surface area contributed by atoms with E-state index in [1.807, 2.05) is 98.3 Å². The topological polar surface area (TPSA) is 60.4 Å². The smallest absolute Gasteiger partial charge is 0.210 e. The van der Waals surface area contributed by atoms with Crippen molar-refractivity contribution in [3.05, 3.63) is 179 Å². The molecule has 2 atom stereocenters. The molecule has 0 amide bonds. The van der Waals surface area contributed by atoms with Crippen LogP contribution in [0.1, 0.15) is 82.1 Å². The fourth-order valence-corrected chi connectivity index (χ4v) is 7.35. The monoisotopic (exact) mass is 780 g/mol. The summed E-state index contributed by atoms with van der Waals surface area (Å²) in [5.41, 5.74) is 7.69.